The van der Waals surface area contributed by atoms with Crippen molar-refractivity contribution in [2.75, 3.05) is 0 Å². The van der Waals surface area contributed by atoms with E-state index in [-0.39, 0.29) is 24.1 Å². The Morgan fingerprint density at radius 1 is 1.36 bits per heavy atom. The number of benzene rings is 1. The molecule has 1 unspecified atom stereocenters. The lowest BCUT2D eigenvalue weighted by Crippen LogP contribution is -2.52. The molecule has 4 nitrogen and oxygen atoms in total. The molecule has 1 aromatic carbocycles. The van der Waals surface area contributed by atoms with Gasteiger partial charge in [-0.25, -0.2) is 9.18 Å². The minimum atomic E-state index is -1.09. The number of aliphatic carboxylic acids is 1. The van der Waals surface area contributed by atoms with Crippen LogP contribution in [0, 0.1) is 11.7 Å². The first-order valence-electron chi connectivity index (χ1n) is 7.70. The third-order valence-corrected chi connectivity index (χ3v) is 4.25. The molecule has 0 spiro atoms. The maximum atomic E-state index is 13.1. The molecule has 1 fully saturated rings. The second kappa shape index (κ2) is 6.90. The third kappa shape index (κ3) is 4.06. The van der Waals surface area contributed by atoms with Crippen molar-refractivity contribution < 1.29 is 19.1 Å². The van der Waals surface area contributed by atoms with Gasteiger partial charge in [-0.3, -0.25) is 4.79 Å². The maximum absolute atomic E-state index is 13.1. The number of rotatable bonds is 6. The van der Waals surface area contributed by atoms with Crippen molar-refractivity contribution in [3.63, 3.8) is 0 Å². The second-order valence-electron chi connectivity index (χ2n) is 6.29. The van der Waals surface area contributed by atoms with Crippen LogP contribution in [0.5, 0.6) is 0 Å². The van der Waals surface area contributed by atoms with E-state index in [9.17, 15) is 19.1 Å². The number of hydrogen-bond donors (Lipinski definition) is 2. The van der Waals surface area contributed by atoms with E-state index in [0.717, 1.165) is 18.4 Å². The Morgan fingerprint density at radius 2 is 2.05 bits per heavy atom. The number of carboxylic acid groups (broad SMARTS) is 1. The Labute approximate surface area is 129 Å². The smallest absolute Gasteiger partial charge is 0.329 e. The summed E-state index contributed by atoms with van der Waals surface area (Å²) in [6.45, 7) is 1.91. The first-order valence-corrected chi connectivity index (χ1v) is 7.70. The van der Waals surface area contributed by atoms with Crippen molar-refractivity contribution >= 4 is 11.9 Å². The summed E-state index contributed by atoms with van der Waals surface area (Å²) in [7, 11) is 0. The highest BCUT2D eigenvalue weighted by Crippen LogP contribution is 2.30. The number of hydrogen-bond acceptors (Lipinski definition) is 2. The topological polar surface area (TPSA) is 66.4 Å². The average molecular weight is 307 g/mol. The van der Waals surface area contributed by atoms with Crippen LogP contribution in [-0.2, 0) is 16.0 Å². The van der Waals surface area contributed by atoms with E-state index in [4.69, 9.17) is 0 Å². The van der Waals surface area contributed by atoms with Gasteiger partial charge in [0.25, 0.3) is 0 Å². The summed E-state index contributed by atoms with van der Waals surface area (Å²) < 4.78 is 13.1. The van der Waals surface area contributed by atoms with Gasteiger partial charge in [-0.15, -0.1) is 0 Å². The fourth-order valence-electron chi connectivity index (χ4n) is 3.14. The first kappa shape index (κ1) is 16.5. The van der Waals surface area contributed by atoms with Crippen LogP contribution in [0.25, 0.3) is 0 Å². The molecule has 1 aliphatic rings. The number of carbonyl (C=O) groups is 2. The minimum Gasteiger partial charge on any atom is -0.480 e. The second-order valence-corrected chi connectivity index (χ2v) is 6.29. The van der Waals surface area contributed by atoms with E-state index >= 15 is 0 Å². The SMILES string of the molecule is CC(CC(=O)NC1(C(=O)O)CCCC1)Cc1cccc(F)c1. The Hall–Kier alpha value is -1.91. The minimum absolute atomic E-state index is 0.0223. The van der Waals surface area contributed by atoms with Gasteiger partial charge in [-0.05, 0) is 42.9 Å². The number of carbonyl (C=O) groups excluding carboxylic acids is 1. The van der Waals surface area contributed by atoms with Crippen molar-refractivity contribution in [2.45, 2.75) is 51.0 Å². The van der Waals surface area contributed by atoms with Gasteiger partial charge in [0.05, 0.1) is 0 Å². The molecule has 0 radical (unpaired) electrons. The third-order valence-electron chi connectivity index (χ3n) is 4.25. The Bertz CT molecular complexity index is 553. The predicted molar refractivity (Wildman–Crippen MR) is 80.9 cm³/mol. The fourth-order valence-corrected chi connectivity index (χ4v) is 3.14. The Morgan fingerprint density at radius 3 is 2.64 bits per heavy atom. The summed E-state index contributed by atoms with van der Waals surface area (Å²) in [6, 6.07) is 6.32. The molecule has 5 heteroatoms. The van der Waals surface area contributed by atoms with E-state index in [1.165, 1.54) is 12.1 Å². The summed E-state index contributed by atoms with van der Waals surface area (Å²) in [5.74, 6) is -1.46. The molecular formula is C17H22FNO3. The normalized spacial score (nSPS) is 17.9. The average Bonchev–Trinajstić information content (AvgIpc) is 2.88. The summed E-state index contributed by atoms with van der Waals surface area (Å²) in [6.07, 6.45) is 3.46. The summed E-state index contributed by atoms with van der Waals surface area (Å²) in [5, 5.41) is 12.1. The van der Waals surface area contributed by atoms with Crippen LogP contribution < -0.4 is 5.32 Å². The molecule has 0 aromatic heterocycles. The number of nitrogens with one attached hydrogen (secondary N) is 1. The van der Waals surface area contributed by atoms with Crippen LogP contribution in [0.2, 0.25) is 0 Å². The molecule has 1 atom stereocenters. The van der Waals surface area contributed by atoms with Crippen LogP contribution >= 0.6 is 0 Å². The van der Waals surface area contributed by atoms with Crippen LogP contribution in [0.4, 0.5) is 4.39 Å². The molecule has 0 heterocycles. The highest BCUT2D eigenvalue weighted by molar-refractivity contribution is 5.87. The van der Waals surface area contributed by atoms with Crippen molar-refractivity contribution in [2.24, 2.45) is 5.92 Å². The predicted octanol–water partition coefficient (Wildman–Crippen LogP) is 2.91. The van der Waals surface area contributed by atoms with E-state index < -0.39 is 11.5 Å². The number of amides is 1. The monoisotopic (exact) mass is 307 g/mol. The van der Waals surface area contributed by atoms with Crippen molar-refractivity contribution in [1.82, 2.24) is 5.32 Å². The fraction of sp³-hybridized carbons (Fsp3) is 0.529. The van der Waals surface area contributed by atoms with Gasteiger partial charge >= 0.3 is 5.97 Å². The van der Waals surface area contributed by atoms with Gasteiger partial charge < -0.3 is 10.4 Å². The quantitative estimate of drug-likeness (QED) is 0.849. The van der Waals surface area contributed by atoms with Gasteiger partial charge in [-0.2, -0.15) is 0 Å². The molecule has 2 rings (SSSR count). The molecular weight excluding hydrogens is 285 g/mol. The van der Waals surface area contributed by atoms with Gasteiger partial charge in [0.15, 0.2) is 0 Å². The van der Waals surface area contributed by atoms with Crippen molar-refractivity contribution in [1.29, 1.82) is 0 Å². The van der Waals surface area contributed by atoms with Crippen molar-refractivity contribution in [3.8, 4) is 0 Å². The molecule has 0 aliphatic heterocycles. The number of carboxylic acids is 1. The lowest BCUT2D eigenvalue weighted by molar-refractivity contribution is -0.147. The molecule has 2 N–H and O–H groups in total. The zero-order valence-corrected chi connectivity index (χ0v) is 12.8. The summed E-state index contributed by atoms with van der Waals surface area (Å²) in [4.78, 5) is 23.5. The molecule has 1 aliphatic carbocycles. The van der Waals surface area contributed by atoms with Crippen LogP contribution in [0.3, 0.4) is 0 Å². The van der Waals surface area contributed by atoms with E-state index in [1.54, 1.807) is 6.07 Å². The van der Waals surface area contributed by atoms with Gasteiger partial charge in [0.2, 0.25) is 5.91 Å². The van der Waals surface area contributed by atoms with Crippen LogP contribution in [0.1, 0.15) is 44.6 Å². The van der Waals surface area contributed by atoms with Crippen LogP contribution in [0.15, 0.2) is 24.3 Å². The van der Waals surface area contributed by atoms with E-state index in [0.29, 0.717) is 19.3 Å². The highest BCUT2D eigenvalue weighted by atomic mass is 19.1. The Kier molecular flexibility index (Phi) is 5.16. The number of halogens is 1. The lowest BCUT2D eigenvalue weighted by atomic mass is 9.94. The first-order chi connectivity index (χ1) is 10.4. The van der Waals surface area contributed by atoms with Crippen molar-refractivity contribution in [3.05, 3.63) is 35.6 Å². The van der Waals surface area contributed by atoms with E-state index in [1.807, 2.05) is 13.0 Å². The van der Waals surface area contributed by atoms with Gasteiger partial charge in [-0.1, -0.05) is 31.9 Å². The molecule has 1 saturated carbocycles. The molecule has 1 aromatic rings. The standard InChI is InChI=1S/C17H22FNO3/c1-12(9-13-5-4-6-14(18)11-13)10-15(20)19-17(16(21)22)7-2-3-8-17/h4-6,11-12H,2-3,7-10H2,1H3,(H,19,20)(H,21,22). The zero-order valence-electron chi connectivity index (χ0n) is 12.8. The molecule has 1 amide bonds. The molecule has 22 heavy (non-hydrogen) atoms. The summed E-state index contributed by atoms with van der Waals surface area (Å²) >= 11 is 0. The zero-order chi connectivity index (χ0) is 16.2. The molecule has 0 saturated heterocycles. The summed E-state index contributed by atoms with van der Waals surface area (Å²) in [5.41, 5.74) is -0.246. The molecule has 0 bridgehead atoms. The van der Waals surface area contributed by atoms with Crippen LogP contribution in [-0.4, -0.2) is 22.5 Å². The Balaban J connectivity index is 1.89. The van der Waals surface area contributed by atoms with Gasteiger partial charge in [0, 0.05) is 6.42 Å². The molecule has 120 valence electrons. The maximum Gasteiger partial charge on any atom is 0.329 e. The highest BCUT2D eigenvalue weighted by Gasteiger charge is 2.42. The lowest BCUT2D eigenvalue weighted by Gasteiger charge is -2.26. The van der Waals surface area contributed by atoms with E-state index in [2.05, 4.69) is 5.32 Å². The van der Waals surface area contributed by atoms with Gasteiger partial charge in [0.1, 0.15) is 11.4 Å². The largest absolute Gasteiger partial charge is 0.480 e.